The summed E-state index contributed by atoms with van der Waals surface area (Å²) in [5.74, 6) is 0. The van der Waals surface area contributed by atoms with Gasteiger partial charge >= 0.3 is 0 Å². The Morgan fingerprint density at radius 1 is 0.226 bits per heavy atom. The Morgan fingerprint density at radius 3 is 1.14 bits per heavy atom. The minimum absolute atomic E-state index is 0.484. The predicted molar refractivity (Wildman–Crippen MR) is 347 cm³/mol. The normalized spacial score (nSPS) is 14.9. The van der Waals surface area contributed by atoms with Gasteiger partial charge in [0.25, 0.3) is 0 Å². The number of benzene rings is 13. The van der Waals surface area contributed by atoms with E-state index in [1.54, 1.807) is 0 Å². The van der Waals surface area contributed by atoms with Gasteiger partial charge < -0.3 is 4.90 Å². The maximum absolute atomic E-state index is 2.57. The van der Waals surface area contributed by atoms with Gasteiger partial charge in [0.2, 0.25) is 0 Å². The molecule has 18 rings (SSSR count). The van der Waals surface area contributed by atoms with Crippen molar-refractivity contribution in [2.24, 2.45) is 0 Å². The molecule has 2 aliphatic heterocycles. The molecule has 0 N–H and O–H groups in total. The lowest BCUT2D eigenvalue weighted by atomic mass is 9.67. The van der Waals surface area contributed by atoms with Crippen LogP contribution in [0.3, 0.4) is 0 Å². The minimum atomic E-state index is -0.530. The summed E-state index contributed by atoms with van der Waals surface area (Å²) in [4.78, 5) is 7.78. The average molecular weight is 1100 g/mol. The second-order valence-corrected chi connectivity index (χ2v) is 25.0. The number of rotatable bonds is 6. The first-order chi connectivity index (χ1) is 41.7. The van der Waals surface area contributed by atoms with Gasteiger partial charge in [-0.1, -0.05) is 278 Å². The van der Waals surface area contributed by atoms with Crippen molar-refractivity contribution in [3.63, 3.8) is 0 Å². The maximum Gasteiger partial charge on any atom is 0.0736 e. The van der Waals surface area contributed by atoms with E-state index in [4.69, 9.17) is 0 Å². The first kappa shape index (κ1) is 47.9. The molecule has 0 unspecified atom stereocenters. The van der Waals surface area contributed by atoms with Crippen LogP contribution >= 0.6 is 23.5 Å². The fourth-order valence-electron chi connectivity index (χ4n) is 16.0. The van der Waals surface area contributed by atoms with Crippen LogP contribution in [0.5, 0.6) is 0 Å². The summed E-state index contributed by atoms with van der Waals surface area (Å²) in [5, 5.41) is 0. The van der Waals surface area contributed by atoms with Crippen LogP contribution in [0.15, 0.2) is 329 Å². The first-order valence-corrected chi connectivity index (χ1v) is 30.8. The lowest BCUT2D eigenvalue weighted by molar-refractivity contribution is 0.722. The molecule has 0 amide bonds. The van der Waals surface area contributed by atoms with E-state index in [2.05, 4.69) is 314 Å². The smallest absolute Gasteiger partial charge is 0.0736 e. The van der Waals surface area contributed by atoms with Crippen molar-refractivity contribution < 1.29 is 0 Å². The maximum atomic E-state index is 2.57. The molecular formula is C81H51NS2. The second-order valence-electron chi connectivity index (χ2n) is 22.8. The van der Waals surface area contributed by atoms with Crippen LogP contribution < -0.4 is 4.90 Å². The van der Waals surface area contributed by atoms with Crippen molar-refractivity contribution in [2.75, 3.05) is 4.90 Å². The molecule has 0 saturated carbocycles. The van der Waals surface area contributed by atoms with E-state index >= 15 is 0 Å². The van der Waals surface area contributed by atoms with Crippen molar-refractivity contribution in [3.05, 3.63) is 376 Å². The van der Waals surface area contributed by atoms with Gasteiger partial charge in [-0.3, -0.25) is 0 Å². The van der Waals surface area contributed by atoms with Crippen molar-refractivity contribution in [1.29, 1.82) is 0 Å². The predicted octanol–water partition coefficient (Wildman–Crippen LogP) is 20.8. The highest BCUT2D eigenvalue weighted by Gasteiger charge is 2.53. The van der Waals surface area contributed by atoms with Gasteiger partial charge in [0.1, 0.15) is 0 Å². The van der Waals surface area contributed by atoms with Gasteiger partial charge in [0.15, 0.2) is 0 Å². The molecule has 3 heteroatoms. The zero-order valence-corrected chi connectivity index (χ0v) is 47.3. The third-order valence-electron chi connectivity index (χ3n) is 19.1. The largest absolute Gasteiger partial charge is 0.310 e. The Labute approximate surface area is 498 Å². The summed E-state index contributed by atoms with van der Waals surface area (Å²) >= 11 is 3.78. The molecule has 0 fully saturated rings. The van der Waals surface area contributed by atoms with E-state index < -0.39 is 16.2 Å². The number of anilines is 3. The summed E-state index contributed by atoms with van der Waals surface area (Å²) in [7, 11) is 0. The van der Waals surface area contributed by atoms with E-state index in [1.165, 1.54) is 131 Å². The number of nitrogens with zero attached hydrogens (tertiary/aromatic N) is 1. The number of hydrogen-bond donors (Lipinski definition) is 0. The van der Waals surface area contributed by atoms with Crippen LogP contribution in [0.4, 0.5) is 17.1 Å². The Morgan fingerprint density at radius 2 is 0.595 bits per heavy atom. The molecule has 0 saturated heterocycles. The Bertz CT molecular complexity index is 4730. The van der Waals surface area contributed by atoms with Crippen molar-refractivity contribution in [1.82, 2.24) is 0 Å². The lowest BCUT2D eigenvalue weighted by Crippen LogP contribution is -2.32. The summed E-state index contributed by atoms with van der Waals surface area (Å²) in [6, 6.07) is 117. The quantitative estimate of drug-likeness (QED) is 0.163. The van der Waals surface area contributed by atoms with Crippen LogP contribution in [0.2, 0.25) is 0 Å². The monoisotopic (exact) mass is 1100 g/mol. The second kappa shape index (κ2) is 18.2. The summed E-state index contributed by atoms with van der Waals surface area (Å²) in [6.45, 7) is 0. The Kier molecular flexibility index (Phi) is 10.4. The first-order valence-electron chi connectivity index (χ1n) is 29.1. The van der Waals surface area contributed by atoms with Gasteiger partial charge in [0, 0.05) is 36.5 Å². The average Bonchev–Trinajstić information content (AvgIpc) is 1.72. The summed E-state index contributed by atoms with van der Waals surface area (Å²) in [6.07, 6.45) is 0. The molecule has 84 heavy (non-hydrogen) atoms. The van der Waals surface area contributed by atoms with Crippen LogP contribution in [-0.2, 0) is 16.2 Å². The number of hydrogen-bond acceptors (Lipinski definition) is 3. The standard InChI is InChI=1S/C81H51NS2/c1-3-23-53(24-4-1)79(54-25-5-2-6-26-54)63-32-11-8-28-59(63)77-57(30-21-38-70(77)79)52-45-47-55(48-46-52)82(56-49-50-65-61(51-56)58-27-7-10-31-62(58)80(65)66-34-13-17-41-73(66)83-74-42-18-14-35-67(74)80)72-40-22-39-71-78(72)60-29-9-12-33-64(60)81(71)68-36-15-19-43-75(68)84-76-44-20-16-37-69(76)81/h1-51H. The molecule has 3 aliphatic carbocycles. The topological polar surface area (TPSA) is 3.24 Å². The molecule has 13 aromatic carbocycles. The van der Waals surface area contributed by atoms with Crippen LogP contribution in [0.1, 0.15) is 66.8 Å². The van der Waals surface area contributed by atoms with E-state index in [9.17, 15) is 0 Å². The van der Waals surface area contributed by atoms with E-state index in [-0.39, 0.29) is 0 Å². The molecule has 0 bridgehead atoms. The lowest BCUT2D eigenvalue weighted by Gasteiger charge is -2.40. The fourth-order valence-corrected chi connectivity index (χ4v) is 18.4. The van der Waals surface area contributed by atoms with Crippen molar-refractivity contribution in [3.8, 4) is 44.5 Å². The molecule has 5 aliphatic rings. The minimum Gasteiger partial charge on any atom is -0.310 e. The molecule has 392 valence electrons. The van der Waals surface area contributed by atoms with E-state index in [0.29, 0.717) is 0 Å². The highest BCUT2D eigenvalue weighted by atomic mass is 32.2. The molecule has 2 spiro atoms. The highest BCUT2D eigenvalue weighted by Crippen LogP contribution is 2.66. The van der Waals surface area contributed by atoms with Gasteiger partial charge in [-0.15, -0.1) is 0 Å². The van der Waals surface area contributed by atoms with Gasteiger partial charge in [-0.25, -0.2) is 0 Å². The van der Waals surface area contributed by atoms with Crippen LogP contribution in [0, 0.1) is 0 Å². The zero-order chi connectivity index (χ0) is 55.1. The third kappa shape index (κ3) is 6.27. The summed E-state index contributed by atoms with van der Waals surface area (Å²) in [5.41, 5.74) is 27.6. The van der Waals surface area contributed by atoms with Crippen molar-refractivity contribution >= 4 is 40.6 Å². The fraction of sp³-hybridized carbons (Fsp3) is 0.0370. The van der Waals surface area contributed by atoms with Gasteiger partial charge in [-0.2, -0.15) is 0 Å². The molecular weight excluding hydrogens is 1050 g/mol. The van der Waals surface area contributed by atoms with Gasteiger partial charge in [-0.05, 0) is 160 Å². The van der Waals surface area contributed by atoms with Crippen molar-refractivity contribution in [2.45, 2.75) is 35.8 Å². The van der Waals surface area contributed by atoms with Crippen LogP contribution in [0.25, 0.3) is 44.5 Å². The summed E-state index contributed by atoms with van der Waals surface area (Å²) < 4.78 is 0. The SMILES string of the molecule is c1ccc(C2(c3ccccc3)c3ccccc3-c3c(-c4ccc(N(c5ccc6c(c5)-c5ccccc5C65c6ccccc6Sc6ccccc65)c5cccc6c5-c5ccccc5C65c6ccccc6Sc6ccccc65)cc4)cccc32)cc1. The van der Waals surface area contributed by atoms with Crippen LogP contribution in [-0.4, -0.2) is 0 Å². The Balaban J connectivity index is 0.879. The molecule has 0 radical (unpaired) electrons. The van der Waals surface area contributed by atoms with Gasteiger partial charge in [0.05, 0.1) is 21.9 Å². The Hall–Kier alpha value is -9.64. The van der Waals surface area contributed by atoms with E-state index in [1.807, 2.05) is 23.5 Å². The van der Waals surface area contributed by atoms with E-state index in [0.717, 1.165) is 17.1 Å². The number of fused-ring (bicyclic) bond motifs is 21. The molecule has 0 aromatic heterocycles. The molecule has 1 nitrogen and oxygen atoms in total. The molecule has 13 aromatic rings. The third-order valence-corrected chi connectivity index (χ3v) is 21.4. The zero-order valence-electron chi connectivity index (χ0n) is 45.7. The molecule has 0 atom stereocenters. The highest BCUT2D eigenvalue weighted by molar-refractivity contribution is 7.99. The molecule has 2 heterocycles.